The van der Waals surface area contributed by atoms with Crippen LogP contribution < -0.4 is 11.1 Å². The topological polar surface area (TPSA) is 102 Å². The molecule has 0 spiro atoms. The number of nitrogens with one attached hydrogen (secondary N) is 2. The van der Waals surface area contributed by atoms with Crippen LogP contribution in [0.15, 0.2) is 76.7 Å². The van der Waals surface area contributed by atoms with Gasteiger partial charge in [0, 0.05) is 29.1 Å². The molecule has 0 fully saturated rings. The van der Waals surface area contributed by atoms with E-state index in [0.717, 1.165) is 11.3 Å². The molecule has 0 saturated carbocycles. The van der Waals surface area contributed by atoms with Gasteiger partial charge >= 0.3 is 5.69 Å². The molecular weight excluding hydrogens is 450 g/mol. The summed E-state index contributed by atoms with van der Waals surface area (Å²) in [6.07, 6.45) is 0.685. The van der Waals surface area contributed by atoms with E-state index in [1.54, 1.807) is 46.5 Å². The van der Waals surface area contributed by atoms with Gasteiger partial charge in [-0.15, -0.1) is 5.10 Å². The number of thioether (sulfide) groups is 1. The molecule has 0 unspecified atom stereocenters. The zero-order chi connectivity index (χ0) is 24.1. The van der Waals surface area contributed by atoms with E-state index in [4.69, 9.17) is 0 Å². The third-order valence-electron chi connectivity index (χ3n) is 5.50. The molecule has 0 aliphatic carbocycles. The second-order valence-corrected chi connectivity index (χ2v) is 8.78. The summed E-state index contributed by atoms with van der Waals surface area (Å²) in [6, 6.07) is 20.5. The van der Waals surface area contributed by atoms with Gasteiger partial charge < -0.3 is 0 Å². The number of carbonyl (C=O) groups is 2. The molecule has 2 aromatic heterocycles. The molecule has 8 nitrogen and oxygen atoms in total. The number of carbonyl (C=O) groups excluding carboxylic acids is 2. The highest BCUT2D eigenvalue weighted by Gasteiger charge is 2.19. The molecule has 174 valence electrons. The zero-order valence-corrected chi connectivity index (χ0v) is 19.8. The van der Waals surface area contributed by atoms with Crippen molar-refractivity contribution in [1.82, 2.24) is 19.4 Å². The van der Waals surface area contributed by atoms with Gasteiger partial charge in [-0.3, -0.25) is 24.3 Å². The van der Waals surface area contributed by atoms with Crippen molar-refractivity contribution in [2.75, 3.05) is 11.2 Å². The molecule has 4 aromatic rings. The Morgan fingerprint density at radius 1 is 1.03 bits per heavy atom. The van der Waals surface area contributed by atoms with E-state index in [0.29, 0.717) is 34.9 Å². The number of H-pyrrole nitrogens is 1. The van der Waals surface area contributed by atoms with Crippen molar-refractivity contribution in [3.8, 4) is 0 Å². The van der Waals surface area contributed by atoms with E-state index >= 15 is 0 Å². The van der Waals surface area contributed by atoms with Crippen LogP contribution in [-0.4, -0.2) is 36.9 Å². The number of aryl methyl sites for hydroxylation is 2. The maximum atomic E-state index is 13.0. The van der Waals surface area contributed by atoms with Gasteiger partial charge in [0.05, 0.1) is 5.75 Å². The van der Waals surface area contributed by atoms with Crippen molar-refractivity contribution in [1.29, 1.82) is 0 Å². The molecule has 2 aromatic carbocycles. The van der Waals surface area contributed by atoms with E-state index in [1.165, 1.54) is 11.8 Å². The van der Waals surface area contributed by atoms with Gasteiger partial charge in [-0.2, -0.15) is 0 Å². The Kier molecular flexibility index (Phi) is 7.12. The minimum absolute atomic E-state index is 0.108. The highest BCUT2D eigenvalue weighted by molar-refractivity contribution is 7.99. The monoisotopic (exact) mass is 475 g/mol. The van der Waals surface area contributed by atoms with Crippen molar-refractivity contribution < 1.29 is 9.59 Å². The number of aromatic amines is 1. The van der Waals surface area contributed by atoms with Gasteiger partial charge in [-0.05, 0) is 44.0 Å². The van der Waals surface area contributed by atoms with E-state index in [-0.39, 0.29) is 23.1 Å². The molecule has 2 N–H and O–H groups in total. The van der Waals surface area contributed by atoms with Crippen LogP contribution in [-0.2, 0) is 13.0 Å². The van der Waals surface area contributed by atoms with Crippen LogP contribution >= 0.6 is 11.8 Å². The summed E-state index contributed by atoms with van der Waals surface area (Å²) < 4.78 is 3.17. The largest absolute Gasteiger partial charge is 0.343 e. The fraction of sp³-hybridized carbons (Fsp3) is 0.200. The summed E-state index contributed by atoms with van der Waals surface area (Å²) in [5.41, 5.74) is 6.11. The van der Waals surface area contributed by atoms with Crippen molar-refractivity contribution in [2.24, 2.45) is 0 Å². The molecule has 9 heteroatoms. The van der Waals surface area contributed by atoms with Crippen molar-refractivity contribution in [3.05, 3.63) is 105 Å². The lowest BCUT2D eigenvalue weighted by Gasteiger charge is -2.11. The quantitative estimate of drug-likeness (QED) is 0.285. The van der Waals surface area contributed by atoms with Crippen molar-refractivity contribution in [2.45, 2.75) is 32.0 Å². The van der Waals surface area contributed by atoms with Gasteiger partial charge in [0.15, 0.2) is 10.9 Å². The molecule has 0 atom stereocenters. The van der Waals surface area contributed by atoms with Gasteiger partial charge in [-0.1, -0.05) is 60.3 Å². The summed E-state index contributed by atoms with van der Waals surface area (Å²) >= 11 is 1.22. The number of rotatable bonds is 9. The lowest BCUT2D eigenvalue weighted by molar-refractivity contribution is 0.0999. The smallest absolute Gasteiger partial charge is 0.293 e. The summed E-state index contributed by atoms with van der Waals surface area (Å²) in [7, 11) is 0. The maximum Gasteiger partial charge on any atom is 0.343 e. The third-order valence-corrected chi connectivity index (χ3v) is 6.48. The normalized spacial score (nSPS) is 10.9. The average molecular weight is 476 g/mol. The molecule has 34 heavy (non-hydrogen) atoms. The Bertz CT molecular complexity index is 1360. The number of hydrogen-bond acceptors (Lipinski definition) is 5. The van der Waals surface area contributed by atoms with Gasteiger partial charge in [0.1, 0.15) is 0 Å². The molecule has 2 heterocycles. The highest BCUT2D eigenvalue weighted by Crippen LogP contribution is 2.20. The Labute approximate surface area is 201 Å². The lowest BCUT2D eigenvalue weighted by atomic mass is 10.1. The van der Waals surface area contributed by atoms with Crippen LogP contribution in [0.25, 0.3) is 0 Å². The van der Waals surface area contributed by atoms with Crippen LogP contribution in [0, 0.1) is 13.8 Å². The van der Waals surface area contributed by atoms with Crippen LogP contribution in [0.2, 0.25) is 0 Å². The fourth-order valence-electron chi connectivity index (χ4n) is 3.68. The number of amides is 1. The van der Waals surface area contributed by atoms with E-state index < -0.39 is 0 Å². The molecular formula is C25H25N5O3S. The maximum absolute atomic E-state index is 13.0. The zero-order valence-electron chi connectivity index (χ0n) is 18.9. The summed E-state index contributed by atoms with van der Waals surface area (Å²) in [6.45, 7) is 4.09. The standard InChI is InChI=1S/C25H25N5O3S/c1-17-15-21(18(2)30(17)28-23(32)20-11-7-4-8-12-20)22(31)16-34-25-27-26-24(33)29(25)14-13-19-9-5-3-6-10-19/h3-12,15H,13-14,16H2,1-2H3,(H,26,33)(H,28,32). The van der Waals surface area contributed by atoms with Gasteiger partial charge in [0.2, 0.25) is 0 Å². The predicted molar refractivity (Wildman–Crippen MR) is 132 cm³/mol. The van der Waals surface area contributed by atoms with E-state index in [9.17, 15) is 14.4 Å². The molecule has 0 saturated heterocycles. The summed E-state index contributed by atoms with van der Waals surface area (Å²) in [5, 5.41) is 7.03. The van der Waals surface area contributed by atoms with Crippen molar-refractivity contribution >= 4 is 23.5 Å². The van der Waals surface area contributed by atoms with E-state index in [1.807, 2.05) is 43.3 Å². The second kappa shape index (κ2) is 10.4. The minimum atomic E-state index is -0.298. The molecule has 0 radical (unpaired) electrons. The Morgan fingerprint density at radius 2 is 1.71 bits per heavy atom. The summed E-state index contributed by atoms with van der Waals surface area (Å²) in [5.74, 6) is -0.245. The number of Topliss-reactive ketones (excluding diaryl/α,β-unsaturated/α-hetero) is 1. The Morgan fingerprint density at radius 3 is 2.41 bits per heavy atom. The number of hydrogen-bond donors (Lipinski definition) is 2. The predicted octanol–water partition coefficient (Wildman–Crippen LogP) is 3.59. The first kappa shape index (κ1) is 23.3. The first-order valence-electron chi connectivity index (χ1n) is 10.8. The van der Waals surface area contributed by atoms with Crippen molar-refractivity contribution in [3.63, 3.8) is 0 Å². The molecule has 0 aliphatic heterocycles. The van der Waals surface area contributed by atoms with Gasteiger partial charge in [-0.25, -0.2) is 9.89 Å². The van der Waals surface area contributed by atoms with Gasteiger partial charge in [0.25, 0.3) is 5.91 Å². The number of benzene rings is 2. The lowest BCUT2D eigenvalue weighted by Crippen LogP contribution is -2.25. The first-order valence-corrected chi connectivity index (χ1v) is 11.8. The minimum Gasteiger partial charge on any atom is -0.293 e. The first-order chi connectivity index (χ1) is 16.4. The van der Waals surface area contributed by atoms with E-state index in [2.05, 4.69) is 15.6 Å². The molecule has 4 rings (SSSR count). The van der Waals surface area contributed by atoms with Crippen LogP contribution in [0.4, 0.5) is 0 Å². The molecule has 0 aliphatic rings. The fourth-order valence-corrected chi connectivity index (χ4v) is 4.53. The van der Waals surface area contributed by atoms with Crippen LogP contribution in [0.3, 0.4) is 0 Å². The third kappa shape index (κ3) is 5.20. The van der Waals surface area contributed by atoms with Crippen LogP contribution in [0.1, 0.15) is 37.7 Å². The number of ketones is 1. The number of nitrogens with zero attached hydrogens (tertiary/aromatic N) is 3. The summed E-state index contributed by atoms with van der Waals surface area (Å²) in [4.78, 5) is 37.7. The Balaban J connectivity index is 1.43. The SMILES string of the molecule is Cc1cc(C(=O)CSc2n[nH]c(=O)n2CCc2ccccc2)c(C)n1NC(=O)c1ccccc1. The average Bonchev–Trinajstić information content (AvgIpc) is 3.35. The molecule has 1 amide bonds. The molecule has 0 bridgehead atoms. The second-order valence-electron chi connectivity index (χ2n) is 7.84. The Hall–Kier alpha value is -3.85. The number of aromatic nitrogens is 4. The highest BCUT2D eigenvalue weighted by atomic mass is 32.2. The van der Waals surface area contributed by atoms with Crippen LogP contribution in [0.5, 0.6) is 0 Å².